The van der Waals surface area contributed by atoms with Gasteiger partial charge in [0.05, 0.1) is 0 Å². The van der Waals surface area contributed by atoms with Crippen molar-refractivity contribution in [3.63, 3.8) is 0 Å². The van der Waals surface area contributed by atoms with Crippen molar-refractivity contribution in [2.24, 2.45) is 0 Å². The second-order valence-corrected chi connectivity index (χ2v) is 3.91. The molecule has 90 valence electrons. The highest BCUT2D eigenvalue weighted by Crippen LogP contribution is 2.12. The summed E-state index contributed by atoms with van der Waals surface area (Å²) in [5.74, 6) is -1.51. The number of hydrogen-bond donors (Lipinski definition) is 1. The topological polar surface area (TPSA) is 15.3 Å². The molecule has 1 aromatic rings. The number of hydrogen-bond acceptors (Lipinski definition) is 2. The molecule has 0 saturated carbocycles. The molecule has 1 rings (SSSR count). The molecule has 0 heterocycles. The van der Waals surface area contributed by atoms with Crippen molar-refractivity contribution >= 4 is 0 Å². The summed E-state index contributed by atoms with van der Waals surface area (Å²) in [5.41, 5.74) is 0.409. The van der Waals surface area contributed by atoms with Crippen LogP contribution in [0.5, 0.6) is 0 Å². The Labute approximate surface area is 95.3 Å². The maximum absolute atomic E-state index is 13.3. The second-order valence-electron chi connectivity index (χ2n) is 3.91. The molecule has 1 aromatic carbocycles. The van der Waals surface area contributed by atoms with Crippen LogP contribution in [0.15, 0.2) is 18.2 Å². The maximum atomic E-state index is 13.3. The van der Waals surface area contributed by atoms with Gasteiger partial charge in [0.15, 0.2) is 11.6 Å². The summed E-state index contributed by atoms with van der Waals surface area (Å²) in [5, 5.41) is 3.05. The van der Waals surface area contributed by atoms with E-state index in [-0.39, 0.29) is 0 Å². The van der Waals surface area contributed by atoms with Crippen LogP contribution in [-0.2, 0) is 6.54 Å². The molecule has 0 radical (unpaired) electrons. The Bertz CT molecular complexity index is 329. The Morgan fingerprint density at radius 3 is 2.75 bits per heavy atom. The van der Waals surface area contributed by atoms with Gasteiger partial charge in [0.2, 0.25) is 0 Å². The van der Waals surface area contributed by atoms with E-state index in [1.807, 2.05) is 19.0 Å². The van der Waals surface area contributed by atoms with E-state index in [0.717, 1.165) is 25.6 Å². The zero-order valence-electron chi connectivity index (χ0n) is 9.76. The third kappa shape index (κ3) is 3.87. The van der Waals surface area contributed by atoms with Crippen LogP contribution >= 0.6 is 0 Å². The van der Waals surface area contributed by atoms with E-state index in [9.17, 15) is 8.78 Å². The van der Waals surface area contributed by atoms with Crippen LogP contribution in [0.4, 0.5) is 8.78 Å². The summed E-state index contributed by atoms with van der Waals surface area (Å²) >= 11 is 0. The normalized spacial score (nSPS) is 11.1. The number of rotatable bonds is 6. The molecular weight excluding hydrogens is 210 g/mol. The van der Waals surface area contributed by atoms with Gasteiger partial charge in [-0.2, -0.15) is 0 Å². The molecule has 0 saturated heterocycles. The van der Waals surface area contributed by atoms with Crippen molar-refractivity contribution < 1.29 is 8.78 Å². The lowest BCUT2D eigenvalue weighted by Gasteiger charge is -2.16. The fourth-order valence-corrected chi connectivity index (χ4v) is 1.57. The van der Waals surface area contributed by atoms with Gasteiger partial charge in [0.1, 0.15) is 0 Å². The number of nitrogens with zero attached hydrogens (tertiary/aromatic N) is 1. The first kappa shape index (κ1) is 13.1. The zero-order chi connectivity index (χ0) is 12.0. The van der Waals surface area contributed by atoms with E-state index in [1.165, 1.54) is 6.07 Å². The molecule has 0 aliphatic carbocycles. The average molecular weight is 228 g/mol. The smallest absolute Gasteiger partial charge is 0.163 e. The maximum Gasteiger partial charge on any atom is 0.163 e. The zero-order valence-corrected chi connectivity index (χ0v) is 9.76. The van der Waals surface area contributed by atoms with Crippen molar-refractivity contribution in [2.75, 3.05) is 27.2 Å². The van der Waals surface area contributed by atoms with Crippen LogP contribution in [0.2, 0.25) is 0 Å². The molecule has 16 heavy (non-hydrogen) atoms. The highest BCUT2D eigenvalue weighted by Gasteiger charge is 2.09. The molecule has 0 aromatic heterocycles. The predicted octanol–water partition coefficient (Wildman–Crippen LogP) is 2.01. The first-order chi connectivity index (χ1) is 7.65. The van der Waals surface area contributed by atoms with E-state index in [2.05, 4.69) is 5.32 Å². The summed E-state index contributed by atoms with van der Waals surface area (Å²) < 4.78 is 26.3. The SMILES string of the molecule is CNCCCN(C)Cc1cccc(F)c1F. The van der Waals surface area contributed by atoms with E-state index >= 15 is 0 Å². The third-order valence-electron chi connectivity index (χ3n) is 2.44. The van der Waals surface area contributed by atoms with Crippen LogP contribution in [0, 0.1) is 11.6 Å². The van der Waals surface area contributed by atoms with Crippen molar-refractivity contribution in [3.8, 4) is 0 Å². The van der Waals surface area contributed by atoms with Gasteiger partial charge in [-0.3, -0.25) is 0 Å². The molecular formula is C12H18F2N2. The summed E-state index contributed by atoms with van der Waals surface area (Å²) in [7, 11) is 3.80. The Hall–Kier alpha value is -1.00. The van der Waals surface area contributed by atoms with E-state index in [0.29, 0.717) is 12.1 Å². The minimum Gasteiger partial charge on any atom is -0.320 e. The second kappa shape index (κ2) is 6.55. The van der Waals surface area contributed by atoms with Gasteiger partial charge in [-0.15, -0.1) is 0 Å². The minimum atomic E-state index is -0.777. The summed E-state index contributed by atoms with van der Waals surface area (Å²) in [6, 6.07) is 4.29. The van der Waals surface area contributed by atoms with Gasteiger partial charge < -0.3 is 10.2 Å². The van der Waals surface area contributed by atoms with Gasteiger partial charge in [0, 0.05) is 12.1 Å². The van der Waals surface area contributed by atoms with Crippen molar-refractivity contribution in [2.45, 2.75) is 13.0 Å². The number of benzene rings is 1. The van der Waals surface area contributed by atoms with Crippen molar-refractivity contribution in [1.82, 2.24) is 10.2 Å². The van der Waals surface area contributed by atoms with E-state index in [4.69, 9.17) is 0 Å². The highest BCUT2D eigenvalue weighted by atomic mass is 19.2. The Kier molecular flexibility index (Phi) is 5.35. The molecule has 0 amide bonds. The lowest BCUT2D eigenvalue weighted by molar-refractivity contribution is 0.313. The molecule has 0 unspecified atom stereocenters. The lowest BCUT2D eigenvalue weighted by Crippen LogP contribution is -2.23. The summed E-state index contributed by atoms with van der Waals surface area (Å²) in [4.78, 5) is 1.98. The molecule has 1 N–H and O–H groups in total. The standard InChI is InChI=1S/C12H18F2N2/c1-15-7-4-8-16(2)9-10-5-3-6-11(13)12(10)14/h3,5-6,15H,4,7-9H2,1-2H3. The quantitative estimate of drug-likeness (QED) is 0.749. The largest absolute Gasteiger partial charge is 0.320 e. The highest BCUT2D eigenvalue weighted by molar-refractivity contribution is 5.18. The molecule has 4 heteroatoms. The summed E-state index contributed by atoms with van der Waals surface area (Å²) in [6.07, 6.45) is 0.990. The minimum absolute atomic E-state index is 0.409. The number of halogens is 2. The molecule has 2 nitrogen and oxygen atoms in total. The molecule has 0 aliphatic rings. The lowest BCUT2D eigenvalue weighted by atomic mass is 10.2. The fourth-order valence-electron chi connectivity index (χ4n) is 1.57. The number of nitrogens with one attached hydrogen (secondary N) is 1. The van der Waals surface area contributed by atoms with Crippen LogP contribution in [0.3, 0.4) is 0 Å². The van der Waals surface area contributed by atoms with Crippen LogP contribution in [-0.4, -0.2) is 32.1 Å². The monoisotopic (exact) mass is 228 g/mol. The Balaban J connectivity index is 2.49. The van der Waals surface area contributed by atoms with Gasteiger partial charge in [0.25, 0.3) is 0 Å². The first-order valence-corrected chi connectivity index (χ1v) is 5.41. The van der Waals surface area contributed by atoms with Crippen molar-refractivity contribution in [3.05, 3.63) is 35.4 Å². The molecule has 0 spiro atoms. The molecule has 0 fully saturated rings. The van der Waals surface area contributed by atoms with Gasteiger partial charge in [-0.1, -0.05) is 12.1 Å². The van der Waals surface area contributed by atoms with Crippen molar-refractivity contribution in [1.29, 1.82) is 0 Å². The molecule has 0 aliphatic heterocycles. The predicted molar refractivity (Wildman–Crippen MR) is 61.2 cm³/mol. The third-order valence-corrected chi connectivity index (χ3v) is 2.44. The molecule has 0 bridgehead atoms. The van der Waals surface area contributed by atoms with E-state index in [1.54, 1.807) is 6.07 Å². The van der Waals surface area contributed by atoms with Gasteiger partial charge >= 0.3 is 0 Å². The van der Waals surface area contributed by atoms with E-state index < -0.39 is 11.6 Å². The van der Waals surface area contributed by atoms with Gasteiger partial charge in [-0.05, 0) is 39.7 Å². The Morgan fingerprint density at radius 1 is 1.31 bits per heavy atom. The first-order valence-electron chi connectivity index (χ1n) is 5.41. The fraction of sp³-hybridized carbons (Fsp3) is 0.500. The van der Waals surface area contributed by atoms with Crippen LogP contribution in [0.1, 0.15) is 12.0 Å². The summed E-state index contributed by atoms with van der Waals surface area (Å²) in [6.45, 7) is 2.22. The molecule has 0 atom stereocenters. The van der Waals surface area contributed by atoms with Crippen LogP contribution in [0.25, 0.3) is 0 Å². The Morgan fingerprint density at radius 2 is 2.06 bits per heavy atom. The van der Waals surface area contributed by atoms with Gasteiger partial charge in [-0.25, -0.2) is 8.78 Å². The average Bonchev–Trinajstić information content (AvgIpc) is 2.25. The van der Waals surface area contributed by atoms with Crippen LogP contribution < -0.4 is 5.32 Å².